The van der Waals surface area contributed by atoms with Crippen LogP contribution in [0.3, 0.4) is 0 Å². The normalized spacial score (nSPS) is 12.9. The highest BCUT2D eigenvalue weighted by Gasteiger charge is 2.40. The Hall–Kier alpha value is -17.8. The number of benzene rings is 18. The van der Waals surface area contributed by atoms with Gasteiger partial charge in [0.1, 0.15) is 0 Å². The number of aromatic nitrogens is 6. The maximum atomic E-state index is 5.29. The maximum absolute atomic E-state index is 5.29. The van der Waals surface area contributed by atoms with E-state index >= 15 is 0 Å². The topological polar surface area (TPSA) is 77.3 Å². The molecule has 678 valence electrons. The summed E-state index contributed by atoms with van der Waals surface area (Å²) in [6, 6.07) is 166. The zero-order valence-electron chi connectivity index (χ0n) is 80.5. The van der Waals surface area contributed by atoms with Crippen LogP contribution in [-0.2, 0) is 16.2 Å². The van der Waals surface area contributed by atoms with Gasteiger partial charge in [-0.25, -0.2) is 15.0 Å². The minimum Gasteiger partial charge on any atom is -0.264 e. The molecule has 0 atom stereocenters. The van der Waals surface area contributed by atoms with Gasteiger partial charge in [-0.3, -0.25) is 15.0 Å². The fraction of sp³-hybridized carbons (Fsp3) is 0.0657. The van der Waals surface area contributed by atoms with Crippen LogP contribution in [0, 0.1) is 0 Å². The third kappa shape index (κ3) is 16.8. The molecule has 6 heteroatoms. The summed E-state index contributed by atoms with van der Waals surface area (Å²) in [5, 5.41) is 5.25. The minimum atomic E-state index is -0.133. The molecule has 18 aromatic carbocycles. The summed E-state index contributed by atoms with van der Waals surface area (Å²) in [6.45, 7) is 14.1. The van der Waals surface area contributed by atoms with E-state index in [0.717, 1.165) is 95.1 Å². The van der Waals surface area contributed by atoms with E-state index in [1.165, 1.54) is 155 Å². The Balaban J connectivity index is 0.000000116. The Labute approximate surface area is 836 Å². The highest BCUT2D eigenvalue weighted by Crippen LogP contribution is 2.56. The Bertz CT molecular complexity index is 8780. The molecular weight excluding hydrogens is 1730 g/mol. The molecule has 143 heavy (non-hydrogen) atoms. The molecule has 26 rings (SSSR count). The molecule has 3 aliphatic carbocycles. The molecular formula is C137H100N6. The lowest BCUT2D eigenvalue weighted by atomic mass is 9.79. The van der Waals surface area contributed by atoms with Crippen molar-refractivity contribution in [2.24, 2.45) is 0 Å². The molecule has 0 spiro atoms. The first-order valence-corrected chi connectivity index (χ1v) is 49.3. The molecule has 0 N–H and O–H groups in total. The van der Waals surface area contributed by atoms with Crippen molar-refractivity contribution in [2.75, 3.05) is 0 Å². The van der Waals surface area contributed by atoms with Gasteiger partial charge in [-0.2, -0.15) is 0 Å². The molecule has 0 saturated heterocycles. The van der Waals surface area contributed by atoms with Gasteiger partial charge in [-0.05, 0) is 291 Å². The number of fused-ring (bicyclic) bond motifs is 13. The standard InChI is InChI=1S/C48H35N.C47H34N2.C42H31N3/c1-48(2)45-24-22-35-12-6-7-16-43(35)47(45)44-23-21-38(30-46(44)48)42-28-40(34-19-17-33(18-20-34)39-15-9-25-49-31-39)27-41(29-42)37-14-8-13-36(26-37)32-10-4-3-5-11-32;1-47(2)43-27-36(22-23-41(43)42-24-21-33-12-6-7-16-40(33)46(42)47)39-28-44(34-19-17-32(18-20-34)38-15-9-25-48-30-38)49-45(29-39)37-14-8-13-35(26-37)31-10-4-3-5-11-31;1-42(2)37-16-7-6-15-35(37)36-25-32(21-22-38(36)42)40-26-39(30-19-17-29(18-20-30)34-14-9-23-43-27-34)44-41(45-40)33-13-8-12-31(24-33)28-10-4-3-5-11-28/h3-31H,1-2H3;3-30H,1-2H3;3-27H,1-2H3. The SMILES string of the molecule is CC1(C)c2cc(-c3cc(-c4ccc(-c5cccnc5)cc4)cc(-c4cccc(-c5ccccc5)c4)c3)ccc2-c2c1ccc1ccccc21.CC1(C)c2cc(-c3cc(-c4ccc(-c5cccnc5)cc4)nc(-c4cccc(-c5ccccc5)c4)c3)ccc2-c2ccc3ccccc3c21.CC1(C)c2ccccc2-c2cc(-c3cc(-c4ccc(-c5cccnc5)cc4)nc(-c4cccc(-c5ccccc5)c4)n3)ccc21. The second-order valence-electron chi connectivity index (χ2n) is 39.3. The van der Waals surface area contributed by atoms with Crippen molar-refractivity contribution in [3.63, 3.8) is 0 Å². The van der Waals surface area contributed by atoms with Crippen LogP contribution < -0.4 is 0 Å². The van der Waals surface area contributed by atoms with Crippen molar-refractivity contribution in [2.45, 2.75) is 57.8 Å². The molecule has 5 aromatic heterocycles. The summed E-state index contributed by atoms with van der Waals surface area (Å²) in [5.41, 5.74) is 48.4. The van der Waals surface area contributed by atoms with Crippen molar-refractivity contribution < 1.29 is 0 Å². The molecule has 0 unspecified atom stereocenters. The smallest absolute Gasteiger partial charge is 0.160 e. The third-order valence-corrected chi connectivity index (χ3v) is 29.5. The summed E-state index contributed by atoms with van der Waals surface area (Å²) >= 11 is 0. The summed E-state index contributed by atoms with van der Waals surface area (Å²) in [5.74, 6) is 0.706. The summed E-state index contributed by atoms with van der Waals surface area (Å²) in [6.07, 6.45) is 11.1. The van der Waals surface area contributed by atoms with E-state index in [2.05, 4.69) is 493 Å². The number of hydrogen-bond donors (Lipinski definition) is 0. The molecule has 0 radical (unpaired) electrons. The van der Waals surface area contributed by atoms with E-state index in [9.17, 15) is 0 Å². The third-order valence-electron chi connectivity index (χ3n) is 29.5. The van der Waals surface area contributed by atoms with Gasteiger partial charge in [0, 0.05) is 81.2 Å². The average molecular weight is 1830 g/mol. The van der Waals surface area contributed by atoms with Crippen molar-refractivity contribution in [1.29, 1.82) is 0 Å². The lowest BCUT2D eigenvalue weighted by Gasteiger charge is -2.23. The Kier molecular flexibility index (Phi) is 22.6. The zero-order chi connectivity index (χ0) is 96.3. The molecule has 0 aliphatic heterocycles. The molecule has 0 fully saturated rings. The van der Waals surface area contributed by atoms with Crippen LogP contribution >= 0.6 is 0 Å². The first-order chi connectivity index (χ1) is 70.1. The van der Waals surface area contributed by atoms with Gasteiger partial charge >= 0.3 is 0 Å². The monoisotopic (exact) mass is 1830 g/mol. The summed E-state index contributed by atoms with van der Waals surface area (Å²) in [4.78, 5) is 28.6. The molecule has 0 saturated carbocycles. The van der Waals surface area contributed by atoms with Gasteiger partial charge in [-0.1, -0.05) is 412 Å². The fourth-order valence-electron chi connectivity index (χ4n) is 21.9. The van der Waals surface area contributed by atoms with Crippen molar-refractivity contribution >= 4 is 21.5 Å². The van der Waals surface area contributed by atoms with Gasteiger partial charge in [0.2, 0.25) is 0 Å². The van der Waals surface area contributed by atoms with E-state index in [0.29, 0.717) is 5.82 Å². The van der Waals surface area contributed by atoms with Crippen LogP contribution in [0.2, 0.25) is 0 Å². The second kappa shape index (κ2) is 36.8. The molecule has 23 aromatic rings. The van der Waals surface area contributed by atoms with E-state index in [1.54, 1.807) is 6.20 Å². The van der Waals surface area contributed by atoms with Crippen LogP contribution in [0.1, 0.15) is 74.9 Å². The van der Waals surface area contributed by atoms with Crippen LogP contribution in [0.5, 0.6) is 0 Å². The largest absolute Gasteiger partial charge is 0.264 e. The maximum Gasteiger partial charge on any atom is 0.160 e. The summed E-state index contributed by atoms with van der Waals surface area (Å²) in [7, 11) is 0. The van der Waals surface area contributed by atoms with Crippen LogP contribution in [-0.4, -0.2) is 29.9 Å². The lowest BCUT2D eigenvalue weighted by molar-refractivity contribution is 0.660. The summed E-state index contributed by atoms with van der Waals surface area (Å²) < 4.78 is 0. The molecule has 3 aliphatic rings. The minimum absolute atomic E-state index is 0.0413. The van der Waals surface area contributed by atoms with Crippen LogP contribution in [0.4, 0.5) is 0 Å². The average Bonchev–Trinajstić information content (AvgIpc) is 1.57. The number of hydrogen-bond acceptors (Lipinski definition) is 6. The van der Waals surface area contributed by atoms with Crippen molar-refractivity contribution in [1.82, 2.24) is 29.9 Å². The predicted molar refractivity (Wildman–Crippen MR) is 595 cm³/mol. The fourth-order valence-corrected chi connectivity index (χ4v) is 21.9. The van der Waals surface area contributed by atoms with E-state index in [-0.39, 0.29) is 16.2 Å². The van der Waals surface area contributed by atoms with Gasteiger partial charge in [0.15, 0.2) is 5.82 Å². The van der Waals surface area contributed by atoms with Crippen molar-refractivity contribution in [3.8, 4) is 201 Å². The van der Waals surface area contributed by atoms with Gasteiger partial charge < -0.3 is 0 Å². The quantitative estimate of drug-likeness (QED) is 0.102. The molecule has 0 bridgehead atoms. The number of rotatable bonds is 15. The van der Waals surface area contributed by atoms with Gasteiger partial charge in [0.25, 0.3) is 0 Å². The van der Waals surface area contributed by atoms with E-state index in [1.807, 2.05) is 55.2 Å². The number of nitrogens with zero attached hydrogens (tertiary/aromatic N) is 6. The van der Waals surface area contributed by atoms with Gasteiger partial charge in [0.05, 0.1) is 22.8 Å². The van der Waals surface area contributed by atoms with Gasteiger partial charge in [-0.15, -0.1) is 0 Å². The Morgan fingerprint density at radius 3 is 1.03 bits per heavy atom. The molecule has 5 heterocycles. The lowest BCUT2D eigenvalue weighted by Crippen LogP contribution is -2.15. The van der Waals surface area contributed by atoms with E-state index < -0.39 is 0 Å². The highest BCUT2D eigenvalue weighted by atomic mass is 14.9. The van der Waals surface area contributed by atoms with Crippen LogP contribution in [0.15, 0.2) is 498 Å². The first-order valence-electron chi connectivity index (χ1n) is 49.3. The zero-order valence-corrected chi connectivity index (χ0v) is 80.5. The molecule has 6 nitrogen and oxygen atoms in total. The van der Waals surface area contributed by atoms with E-state index in [4.69, 9.17) is 15.0 Å². The second-order valence-corrected chi connectivity index (χ2v) is 39.3. The van der Waals surface area contributed by atoms with Crippen molar-refractivity contribution in [3.05, 3.63) is 532 Å². The Morgan fingerprint density at radius 2 is 0.483 bits per heavy atom. The number of pyridine rings is 4. The van der Waals surface area contributed by atoms with Crippen LogP contribution in [0.25, 0.3) is 223 Å². The highest BCUT2D eigenvalue weighted by molar-refractivity contribution is 6.04. The Morgan fingerprint density at radius 1 is 0.161 bits per heavy atom. The molecule has 0 amide bonds. The first kappa shape index (κ1) is 87.9. The predicted octanol–water partition coefficient (Wildman–Crippen LogP) is 35.7.